The third-order valence-electron chi connectivity index (χ3n) is 2.28. The molecular formula is C11H9F3N2. The summed E-state index contributed by atoms with van der Waals surface area (Å²) in [7, 11) is 0. The quantitative estimate of drug-likeness (QED) is 0.746. The number of benzene rings is 1. The van der Waals surface area contributed by atoms with E-state index in [0.29, 0.717) is 11.9 Å². The second-order valence-electron chi connectivity index (χ2n) is 3.42. The van der Waals surface area contributed by atoms with E-state index in [2.05, 4.69) is 9.97 Å². The van der Waals surface area contributed by atoms with Crippen LogP contribution in [0.2, 0.25) is 0 Å². The van der Waals surface area contributed by atoms with Gasteiger partial charge in [-0.3, -0.25) is 4.98 Å². The van der Waals surface area contributed by atoms with Crippen molar-refractivity contribution in [1.82, 2.24) is 9.97 Å². The first-order chi connectivity index (χ1) is 7.50. The van der Waals surface area contributed by atoms with Gasteiger partial charge < -0.3 is 0 Å². The number of aryl methyl sites for hydroxylation is 1. The predicted octanol–water partition coefficient (Wildman–Crippen LogP) is 3.21. The van der Waals surface area contributed by atoms with Crippen molar-refractivity contribution in [1.29, 1.82) is 0 Å². The summed E-state index contributed by atoms with van der Waals surface area (Å²) in [5, 5.41) is 0. The fourth-order valence-electron chi connectivity index (χ4n) is 1.40. The highest BCUT2D eigenvalue weighted by molar-refractivity contribution is 5.75. The minimum atomic E-state index is -4.33. The number of halogens is 3. The molecule has 0 aliphatic heterocycles. The number of hydrogen-bond donors (Lipinski definition) is 0. The smallest absolute Gasteiger partial charge is 0.253 e. The van der Waals surface area contributed by atoms with Gasteiger partial charge >= 0.3 is 6.18 Å². The van der Waals surface area contributed by atoms with Crippen molar-refractivity contribution in [2.24, 2.45) is 0 Å². The summed E-state index contributed by atoms with van der Waals surface area (Å²) in [6, 6.07) is 3.39. The topological polar surface area (TPSA) is 25.8 Å². The Morgan fingerprint density at radius 1 is 1.19 bits per heavy atom. The van der Waals surface area contributed by atoms with E-state index in [1.807, 2.05) is 6.92 Å². The lowest BCUT2D eigenvalue weighted by molar-refractivity contribution is -0.137. The molecule has 2 nitrogen and oxygen atoms in total. The van der Waals surface area contributed by atoms with E-state index in [0.717, 1.165) is 17.8 Å². The van der Waals surface area contributed by atoms with Crippen LogP contribution in [0.4, 0.5) is 13.2 Å². The Hall–Kier alpha value is -1.65. The number of fused-ring (bicyclic) bond motifs is 1. The van der Waals surface area contributed by atoms with Gasteiger partial charge in [0.1, 0.15) is 0 Å². The molecule has 0 aliphatic rings. The molecule has 0 saturated carbocycles. The summed E-state index contributed by atoms with van der Waals surface area (Å²) < 4.78 is 37.2. The first-order valence-corrected chi connectivity index (χ1v) is 4.83. The fraction of sp³-hybridized carbons (Fsp3) is 0.273. The third kappa shape index (κ3) is 1.98. The molecule has 0 amide bonds. The largest absolute Gasteiger partial charge is 0.416 e. The van der Waals surface area contributed by atoms with Gasteiger partial charge in [-0.05, 0) is 24.6 Å². The van der Waals surface area contributed by atoms with Crippen molar-refractivity contribution in [2.45, 2.75) is 19.5 Å². The molecule has 0 atom stereocenters. The molecule has 84 valence electrons. The molecule has 0 aliphatic carbocycles. The monoisotopic (exact) mass is 226 g/mol. The Kier molecular flexibility index (Phi) is 2.53. The van der Waals surface area contributed by atoms with E-state index in [1.54, 1.807) is 0 Å². The average molecular weight is 226 g/mol. The van der Waals surface area contributed by atoms with E-state index >= 15 is 0 Å². The lowest BCUT2D eigenvalue weighted by Crippen LogP contribution is -2.05. The minimum Gasteiger partial charge on any atom is -0.253 e. The Labute approximate surface area is 90.1 Å². The molecule has 0 bridgehead atoms. The second kappa shape index (κ2) is 3.73. The number of nitrogens with zero attached hydrogens (tertiary/aromatic N) is 2. The van der Waals surface area contributed by atoms with Crippen LogP contribution in [0.25, 0.3) is 11.0 Å². The Bertz CT molecular complexity index is 520. The van der Waals surface area contributed by atoms with E-state index < -0.39 is 11.7 Å². The van der Waals surface area contributed by atoms with E-state index in [-0.39, 0.29) is 5.52 Å². The lowest BCUT2D eigenvalue weighted by atomic mass is 10.2. The van der Waals surface area contributed by atoms with Gasteiger partial charge in [0.25, 0.3) is 0 Å². The third-order valence-corrected chi connectivity index (χ3v) is 2.28. The summed E-state index contributed by atoms with van der Waals surface area (Å²) in [6.45, 7) is 1.92. The van der Waals surface area contributed by atoms with Crippen molar-refractivity contribution in [3.8, 4) is 0 Å². The molecule has 1 aromatic heterocycles. The number of alkyl halides is 3. The van der Waals surface area contributed by atoms with Gasteiger partial charge in [0.2, 0.25) is 0 Å². The van der Waals surface area contributed by atoms with Gasteiger partial charge in [-0.2, -0.15) is 13.2 Å². The maximum absolute atomic E-state index is 12.4. The first-order valence-electron chi connectivity index (χ1n) is 4.83. The molecular weight excluding hydrogens is 217 g/mol. The first kappa shape index (κ1) is 10.9. The van der Waals surface area contributed by atoms with Crippen LogP contribution in [-0.4, -0.2) is 9.97 Å². The standard InChI is InChI=1S/C11H9F3N2/c1-2-8-6-15-10-5-7(11(12,13)14)3-4-9(10)16-8/h3-6H,2H2,1H3. The normalized spacial score (nSPS) is 12.0. The fourth-order valence-corrected chi connectivity index (χ4v) is 1.40. The van der Waals surface area contributed by atoms with Crippen LogP contribution >= 0.6 is 0 Å². The number of rotatable bonds is 1. The molecule has 0 radical (unpaired) electrons. The van der Waals surface area contributed by atoms with Crippen molar-refractivity contribution < 1.29 is 13.2 Å². The highest BCUT2D eigenvalue weighted by Gasteiger charge is 2.30. The summed E-state index contributed by atoms with van der Waals surface area (Å²) in [6.07, 6.45) is -2.12. The molecule has 2 rings (SSSR count). The number of aromatic nitrogens is 2. The molecule has 1 aromatic carbocycles. The summed E-state index contributed by atoms with van der Waals surface area (Å²) in [5.41, 5.74) is 0.838. The van der Waals surface area contributed by atoms with Gasteiger partial charge in [0.05, 0.1) is 22.3 Å². The van der Waals surface area contributed by atoms with E-state index in [1.165, 1.54) is 12.3 Å². The van der Waals surface area contributed by atoms with Gasteiger partial charge in [-0.15, -0.1) is 0 Å². The molecule has 0 N–H and O–H groups in total. The summed E-state index contributed by atoms with van der Waals surface area (Å²) >= 11 is 0. The van der Waals surface area contributed by atoms with Crippen LogP contribution in [0.5, 0.6) is 0 Å². The van der Waals surface area contributed by atoms with Gasteiger partial charge in [-0.1, -0.05) is 6.92 Å². The molecule has 0 saturated heterocycles. The van der Waals surface area contributed by atoms with Crippen LogP contribution in [-0.2, 0) is 12.6 Å². The average Bonchev–Trinajstić information content (AvgIpc) is 2.26. The zero-order valence-corrected chi connectivity index (χ0v) is 8.54. The maximum atomic E-state index is 12.4. The van der Waals surface area contributed by atoms with Crippen LogP contribution in [0, 0.1) is 0 Å². The second-order valence-corrected chi connectivity index (χ2v) is 3.42. The minimum absolute atomic E-state index is 0.270. The van der Waals surface area contributed by atoms with Gasteiger partial charge in [-0.25, -0.2) is 4.98 Å². The summed E-state index contributed by atoms with van der Waals surface area (Å²) in [5.74, 6) is 0. The van der Waals surface area contributed by atoms with E-state index in [4.69, 9.17) is 0 Å². The van der Waals surface area contributed by atoms with Crippen molar-refractivity contribution in [3.05, 3.63) is 35.7 Å². The zero-order chi connectivity index (χ0) is 11.8. The zero-order valence-electron chi connectivity index (χ0n) is 8.54. The van der Waals surface area contributed by atoms with Crippen molar-refractivity contribution >= 4 is 11.0 Å². The van der Waals surface area contributed by atoms with Crippen molar-refractivity contribution in [3.63, 3.8) is 0 Å². The molecule has 0 fully saturated rings. The van der Waals surface area contributed by atoms with Gasteiger partial charge in [0.15, 0.2) is 0 Å². The molecule has 16 heavy (non-hydrogen) atoms. The van der Waals surface area contributed by atoms with Crippen LogP contribution in [0.1, 0.15) is 18.2 Å². The molecule has 1 heterocycles. The maximum Gasteiger partial charge on any atom is 0.416 e. The van der Waals surface area contributed by atoms with Crippen LogP contribution < -0.4 is 0 Å². The molecule has 2 aromatic rings. The highest BCUT2D eigenvalue weighted by Crippen LogP contribution is 2.30. The predicted molar refractivity (Wildman–Crippen MR) is 53.9 cm³/mol. The Morgan fingerprint density at radius 3 is 2.56 bits per heavy atom. The SMILES string of the molecule is CCc1cnc2cc(C(F)(F)F)ccc2n1. The lowest BCUT2D eigenvalue weighted by Gasteiger charge is -2.07. The molecule has 5 heteroatoms. The summed E-state index contributed by atoms with van der Waals surface area (Å²) in [4.78, 5) is 8.15. The number of hydrogen-bond acceptors (Lipinski definition) is 2. The van der Waals surface area contributed by atoms with E-state index in [9.17, 15) is 13.2 Å². The Morgan fingerprint density at radius 2 is 1.94 bits per heavy atom. The van der Waals surface area contributed by atoms with Crippen LogP contribution in [0.3, 0.4) is 0 Å². The van der Waals surface area contributed by atoms with Crippen molar-refractivity contribution in [2.75, 3.05) is 0 Å². The highest BCUT2D eigenvalue weighted by atomic mass is 19.4. The Balaban J connectivity index is 2.56. The van der Waals surface area contributed by atoms with Crippen LogP contribution in [0.15, 0.2) is 24.4 Å². The molecule has 0 unspecified atom stereocenters. The molecule has 0 spiro atoms. The van der Waals surface area contributed by atoms with Gasteiger partial charge in [0, 0.05) is 6.20 Å².